The van der Waals surface area contributed by atoms with Crippen LogP contribution in [0, 0.1) is 5.82 Å². The van der Waals surface area contributed by atoms with Crippen LogP contribution < -0.4 is 4.74 Å². The second kappa shape index (κ2) is 6.76. The Balaban J connectivity index is 2.20. The van der Waals surface area contributed by atoms with Crippen LogP contribution >= 0.6 is 11.6 Å². The summed E-state index contributed by atoms with van der Waals surface area (Å²) in [6, 6.07) is 8.67. The molecule has 0 aliphatic carbocycles. The first-order valence-electron chi connectivity index (χ1n) is 7.30. The maximum absolute atomic E-state index is 13.6. The van der Waals surface area contributed by atoms with E-state index in [4.69, 9.17) is 16.3 Å². The largest absolute Gasteiger partial charge is 0.481 e. The fourth-order valence-corrected chi connectivity index (χ4v) is 3.11. The number of hydrogen-bond donors (Lipinski definition) is 2. The van der Waals surface area contributed by atoms with Gasteiger partial charge in [-0.15, -0.1) is 0 Å². The van der Waals surface area contributed by atoms with E-state index in [-0.39, 0.29) is 5.15 Å². The highest BCUT2D eigenvalue weighted by Gasteiger charge is 2.25. The standard InChI is InChI=1S/C17H16ClFN2O3/c1-24-14-8-11-5-6-21(16(11)17(18)20-14)15(13(23)9-22)10-3-2-4-12(19)7-10/h2-8,13,15,22-23H,9H2,1H3/t13-,15+/m1/s1. The quantitative estimate of drug-likeness (QED) is 0.694. The molecule has 0 unspecified atom stereocenters. The fourth-order valence-electron chi connectivity index (χ4n) is 2.82. The van der Waals surface area contributed by atoms with Crippen LogP contribution in [-0.4, -0.2) is 39.6 Å². The molecular weight excluding hydrogens is 335 g/mol. The van der Waals surface area contributed by atoms with Crippen molar-refractivity contribution in [3.63, 3.8) is 0 Å². The first kappa shape index (κ1) is 16.7. The number of ether oxygens (including phenoxy) is 1. The van der Waals surface area contributed by atoms with Crippen molar-refractivity contribution in [3.8, 4) is 5.88 Å². The Hall–Kier alpha value is -2.15. The van der Waals surface area contributed by atoms with Gasteiger partial charge < -0.3 is 19.5 Å². The van der Waals surface area contributed by atoms with Gasteiger partial charge >= 0.3 is 0 Å². The summed E-state index contributed by atoms with van der Waals surface area (Å²) < 4.78 is 20.4. The number of aliphatic hydroxyl groups excluding tert-OH is 2. The lowest BCUT2D eigenvalue weighted by atomic mass is 10.0. The highest BCUT2D eigenvalue weighted by atomic mass is 35.5. The van der Waals surface area contributed by atoms with Crippen LogP contribution in [0.4, 0.5) is 4.39 Å². The van der Waals surface area contributed by atoms with Gasteiger partial charge in [0.05, 0.1) is 25.3 Å². The van der Waals surface area contributed by atoms with E-state index in [0.29, 0.717) is 17.0 Å². The molecule has 0 saturated heterocycles. The van der Waals surface area contributed by atoms with Crippen molar-refractivity contribution in [2.24, 2.45) is 0 Å². The molecule has 2 atom stereocenters. The third-order valence-corrected chi connectivity index (χ3v) is 4.14. The summed E-state index contributed by atoms with van der Waals surface area (Å²) in [7, 11) is 1.49. The van der Waals surface area contributed by atoms with Gasteiger partial charge in [0.1, 0.15) is 11.9 Å². The van der Waals surface area contributed by atoms with Crippen LogP contribution in [0.5, 0.6) is 5.88 Å². The normalized spacial score (nSPS) is 13.9. The number of rotatable bonds is 5. The molecule has 0 fully saturated rings. The predicted octanol–water partition coefficient (Wildman–Crippen LogP) is 2.78. The Labute approximate surface area is 142 Å². The van der Waals surface area contributed by atoms with Gasteiger partial charge in [0, 0.05) is 17.6 Å². The number of methoxy groups -OCH3 is 1. The Morgan fingerprint density at radius 3 is 2.79 bits per heavy atom. The molecule has 0 aliphatic heterocycles. The Bertz CT molecular complexity index is 868. The topological polar surface area (TPSA) is 67.5 Å². The molecule has 2 heterocycles. The van der Waals surface area contributed by atoms with E-state index in [1.807, 2.05) is 0 Å². The highest BCUT2D eigenvalue weighted by molar-refractivity contribution is 6.34. The summed E-state index contributed by atoms with van der Waals surface area (Å²) in [6.07, 6.45) is 0.576. The molecule has 0 aliphatic rings. The molecule has 1 aromatic carbocycles. The second-order valence-electron chi connectivity index (χ2n) is 5.37. The third kappa shape index (κ3) is 2.96. The summed E-state index contributed by atoms with van der Waals surface area (Å²) in [5, 5.41) is 20.7. The van der Waals surface area contributed by atoms with Crippen molar-refractivity contribution in [3.05, 3.63) is 59.1 Å². The number of nitrogens with zero attached hydrogens (tertiary/aromatic N) is 2. The van der Waals surface area contributed by atoms with E-state index < -0.39 is 24.6 Å². The lowest BCUT2D eigenvalue weighted by Crippen LogP contribution is -2.28. The van der Waals surface area contributed by atoms with Crippen molar-refractivity contribution in [1.82, 2.24) is 9.55 Å². The molecule has 5 nitrogen and oxygen atoms in total. The number of aromatic nitrogens is 2. The van der Waals surface area contributed by atoms with Crippen molar-refractivity contribution >= 4 is 22.5 Å². The van der Waals surface area contributed by atoms with Crippen LogP contribution in [0.15, 0.2) is 42.6 Å². The summed E-state index contributed by atoms with van der Waals surface area (Å²) in [4.78, 5) is 4.14. The first-order chi connectivity index (χ1) is 11.5. The van der Waals surface area contributed by atoms with Crippen LogP contribution in [0.2, 0.25) is 5.15 Å². The van der Waals surface area contributed by atoms with Gasteiger partial charge in [-0.05, 0) is 23.8 Å². The van der Waals surface area contributed by atoms with Crippen molar-refractivity contribution in [1.29, 1.82) is 0 Å². The number of hydrogen-bond acceptors (Lipinski definition) is 4. The second-order valence-corrected chi connectivity index (χ2v) is 5.72. The number of fused-ring (bicyclic) bond motifs is 1. The van der Waals surface area contributed by atoms with E-state index in [0.717, 1.165) is 5.39 Å². The Morgan fingerprint density at radius 1 is 1.33 bits per heavy atom. The van der Waals surface area contributed by atoms with E-state index in [9.17, 15) is 14.6 Å². The summed E-state index contributed by atoms with van der Waals surface area (Å²) in [6.45, 7) is -0.484. The van der Waals surface area contributed by atoms with Gasteiger partial charge in [-0.1, -0.05) is 23.7 Å². The van der Waals surface area contributed by atoms with Crippen LogP contribution in [0.25, 0.3) is 10.9 Å². The summed E-state index contributed by atoms with van der Waals surface area (Å²) in [5.74, 6) is -0.0553. The van der Waals surface area contributed by atoms with Gasteiger partial charge in [-0.3, -0.25) is 0 Å². The molecule has 2 N–H and O–H groups in total. The van der Waals surface area contributed by atoms with E-state index in [2.05, 4.69) is 4.98 Å². The van der Waals surface area contributed by atoms with Gasteiger partial charge in [-0.2, -0.15) is 4.98 Å². The minimum absolute atomic E-state index is 0.195. The minimum Gasteiger partial charge on any atom is -0.481 e. The van der Waals surface area contributed by atoms with E-state index >= 15 is 0 Å². The maximum Gasteiger partial charge on any atom is 0.215 e. The Kier molecular flexibility index (Phi) is 4.71. The summed E-state index contributed by atoms with van der Waals surface area (Å²) >= 11 is 6.27. The number of halogens is 2. The average molecular weight is 351 g/mol. The molecule has 0 bridgehead atoms. The zero-order chi connectivity index (χ0) is 17.3. The monoisotopic (exact) mass is 350 g/mol. The smallest absolute Gasteiger partial charge is 0.215 e. The predicted molar refractivity (Wildman–Crippen MR) is 88.9 cm³/mol. The zero-order valence-corrected chi connectivity index (χ0v) is 13.6. The van der Waals surface area contributed by atoms with E-state index in [1.165, 1.54) is 19.2 Å². The molecule has 0 saturated carbocycles. The number of aliphatic hydroxyl groups is 2. The van der Waals surface area contributed by atoms with Crippen molar-refractivity contribution < 1.29 is 19.3 Å². The van der Waals surface area contributed by atoms with Crippen LogP contribution in [0.3, 0.4) is 0 Å². The Morgan fingerprint density at radius 2 is 2.12 bits per heavy atom. The van der Waals surface area contributed by atoms with Gasteiger partial charge in [0.2, 0.25) is 5.88 Å². The van der Waals surface area contributed by atoms with Crippen LogP contribution in [0.1, 0.15) is 11.6 Å². The lowest BCUT2D eigenvalue weighted by molar-refractivity contribution is 0.0653. The molecule has 2 aromatic heterocycles. The van der Waals surface area contributed by atoms with Gasteiger partial charge in [0.25, 0.3) is 0 Å². The molecule has 3 rings (SSSR count). The van der Waals surface area contributed by atoms with Gasteiger partial charge in [0.15, 0.2) is 5.15 Å². The number of pyridine rings is 1. The molecule has 7 heteroatoms. The molecule has 3 aromatic rings. The summed E-state index contributed by atoms with van der Waals surface area (Å²) in [5.41, 5.74) is 1.08. The highest BCUT2D eigenvalue weighted by Crippen LogP contribution is 2.33. The van der Waals surface area contributed by atoms with Crippen LogP contribution in [-0.2, 0) is 0 Å². The van der Waals surface area contributed by atoms with E-state index in [1.54, 1.807) is 35.0 Å². The molecule has 0 amide bonds. The fraction of sp³-hybridized carbons (Fsp3) is 0.235. The average Bonchev–Trinajstić information content (AvgIpc) is 2.99. The van der Waals surface area contributed by atoms with Crippen molar-refractivity contribution in [2.75, 3.05) is 13.7 Å². The molecule has 0 spiro atoms. The van der Waals surface area contributed by atoms with Crippen molar-refractivity contribution in [2.45, 2.75) is 12.1 Å². The third-order valence-electron chi connectivity index (χ3n) is 3.88. The minimum atomic E-state index is -1.14. The molecular formula is C17H16ClFN2O3. The first-order valence-corrected chi connectivity index (χ1v) is 7.68. The SMILES string of the molecule is COc1cc2ccn([C@@H](c3cccc(F)c3)[C@H](O)CO)c2c(Cl)n1. The molecule has 24 heavy (non-hydrogen) atoms. The number of benzene rings is 1. The zero-order valence-electron chi connectivity index (χ0n) is 12.9. The lowest BCUT2D eigenvalue weighted by Gasteiger charge is -2.25. The molecule has 0 radical (unpaired) electrons. The van der Waals surface area contributed by atoms with Gasteiger partial charge in [-0.25, -0.2) is 4.39 Å². The molecule has 126 valence electrons. The maximum atomic E-state index is 13.6.